The van der Waals surface area contributed by atoms with E-state index in [1.165, 1.54) is 6.07 Å². The monoisotopic (exact) mass is 352 g/mol. The number of carbonyl (C=O) groups is 3. The maximum absolute atomic E-state index is 12.2. The van der Waals surface area contributed by atoms with Crippen LogP contribution in [0.25, 0.3) is 0 Å². The summed E-state index contributed by atoms with van der Waals surface area (Å²) in [6, 6.07) is 13.4. The van der Waals surface area contributed by atoms with Crippen LogP contribution < -0.4 is 21.3 Å². The molecule has 0 bridgehead atoms. The molecule has 4 amide bonds. The first kappa shape index (κ1) is 17.5. The molecule has 2 aromatic rings. The Labute approximate surface area is 151 Å². The van der Waals surface area contributed by atoms with Crippen molar-refractivity contribution in [1.29, 1.82) is 0 Å². The molecule has 3 rings (SSSR count). The summed E-state index contributed by atoms with van der Waals surface area (Å²) in [5.74, 6) is -0.667. The molecule has 4 N–H and O–H groups in total. The maximum Gasteiger partial charge on any atom is 0.319 e. The quantitative estimate of drug-likeness (QED) is 0.784. The van der Waals surface area contributed by atoms with E-state index in [0.29, 0.717) is 12.2 Å². The number of carbonyl (C=O) groups excluding carboxylic acids is 3. The molecule has 26 heavy (non-hydrogen) atoms. The Morgan fingerprint density at radius 2 is 1.81 bits per heavy atom. The molecule has 0 saturated carbocycles. The fourth-order valence-electron chi connectivity index (χ4n) is 2.93. The first-order chi connectivity index (χ1) is 12.4. The number of nitrogens with two attached hydrogens (primary N) is 1. The third-order valence-electron chi connectivity index (χ3n) is 4.25. The summed E-state index contributed by atoms with van der Waals surface area (Å²) in [6.07, 6.45) is 0.221. The fraction of sp³-hybridized carbons (Fsp3) is 0.211. The van der Waals surface area contributed by atoms with Gasteiger partial charge in [-0.05, 0) is 31.2 Å². The highest BCUT2D eigenvalue weighted by Crippen LogP contribution is 2.22. The van der Waals surface area contributed by atoms with Gasteiger partial charge in [-0.25, -0.2) is 4.79 Å². The van der Waals surface area contributed by atoms with E-state index in [-0.39, 0.29) is 23.9 Å². The summed E-state index contributed by atoms with van der Waals surface area (Å²) < 4.78 is 0. The fourth-order valence-corrected chi connectivity index (χ4v) is 2.93. The predicted octanol–water partition coefficient (Wildman–Crippen LogP) is 2.02. The van der Waals surface area contributed by atoms with E-state index in [4.69, 9.17) is 5.73 Å². The molecular formula is C19H20N4O3. The molecule has 0 spiro atoms. The number of hydrogen-bond acceptors (Lipinski definition) is 3. The lowest BCUT2D eigenvalue weighted by molar-refractivity contribution is -0.117. The lowest BCUT2D eigenvalue weighted by atomic mass is 10.1. The molecule has 0 unspecified atom stereocenters. The van der Waals surface area contributed by atoms with Crippen LogP contribution in [0, 0.1) is 6.92 Å². The van der Waals surface area contributed by atoms with Crippen molar-refractivity contribution in [2.75, 3.05) is 16.8 Å². The van der Waals surface area contributed by atoms with Gasteiger partial charge in [0.2, 0.25) is 5.91 Å². The number of nitrogens with one attached hydrogen (secondary N) is 2. The van der Waals surface area contributed by atoms with E-state index in [0.717, 1.165) is 11.3 Å². The van der Waals surface area contributed by atoms with Crippen LogP contribution in [0.5, 0.6) is 0 Å². The summed E-state index contributed by atoms with van der Waals surface area (Å²) in [5, 5.41) is 5.39. The number of nitrogens with zero attached hydrogens (tertiary/aromatic N) is 1. The van der Waals surface area contributed by atoms with E-state index in [9.17, 15) is 14.4 Å². The summed E-state index contributed by atoms with van der Waals surface area (Å²) >= 11 is 0. The molecule has 0 aliphatic carbocycles. The van der Waals surface area contributed by atoms with Gasteiger partial charge in [-0.3, -0.25) is 9.59 Å². The molecule has 1 aliphatic heterocycles. The zero-order chi connectivity index (χ0) is 18.7. The van der Waals surface area contributed by atoms with Crippen molar-refractivity contribution in [3.8, 4) is 0 Å². The molecule has 1 atom stereocenters. The smallest absolute Gasteiger partial charge is 0.319 e. The van der Waals surface area contributed by atoms with Gasteiger partial charge in [0.1, 0.15) is 0 Å². The van der Waals surface area contributed by atoms with Crippen LogP contribution in [-0.2, 0) is 4.79 Å². The molecule has 1 fully saturated rings. The summed E-state index contributed by atoms with van der Waals surface area (Å²) in [5.41, 5.74) is 7.79. The van der Waals surface area contributed by atoms with Crippen LogP contribution in [0.4, 0.5) is 16.2 Å². The van der Waals surface area contributed by atoms with E-state index in [1.54, 1.807) is 23.1 Å². The topological polar surface area (TPSA) is 105 Å². The zero-order valence-corrected chi connectivity index (χ0v) is 14.4. The molecule has 0 radical (unpaired) electrons. The van der Waals surface area contributed by atoms with Gasteiger partial charge in [-0.15, -0.1) is 0 Å². The highest BCUT2D eigenvalue weighted by molar-refractivity contribution is 6.03. The summed E-state index contributed by atoms with van der Waals surface area (Å²) in [6.45, 7) is 2.38. The van der Waals surface area contributed by atoms with Crippen LogP contribution >= 0.6 is 0 Å². The van der Waals surface area contributed by atoms with Crippen molar-refractivity contribution in [3.63, 3.8) is 0 Å². The van der Waals surface area contributed by atoms with Crippen molar-refractivity contribution in [2.24, 2.45) is 5.73 Å². The van der Waals surface area contributed by atoms with Crippen LogP contribution in [0.1, 0.15) is 22.3 Å². The lowest BCUT2D eigenvalue weighted by Crippen LogP contribution is -2.40. The van der Waals surface area contributed by atoms with Crippen molar-refractivity contribution >= 4 is 29.2 Å². The first-order valence-electron chi connectivity index (χ1n) is 8.27. The molecule has 0 aromatic heterocycles. The van der Waals surface area contributed by atoms with Gasteiger partial charge in [-0.2, -0.15) is 0 Å². The van der Waals surface area contributed by atoms with E-state index in [1.807, 2.05) is 31.2 Å². The van der Waals surface area contributed by atoms with Crippen molar-refractivity contribution in [2.45, 2.75) is 19.4 Å². The van der Waals surface area contributed by atoms with Crippen LogP contribution in [0.3, 0.4) is 0 Å². The van der Waals surface area contributed by atoms with Crippen molar-refractivity contribution in [3.05, 3.63) is 59.7 Å². The molecule has 7 heteroatoms. The Morgan fingerprint density at radius 3 is 2.50 bits per heavy atom. The second-order valence-electron chi connectivity index (χ2n) is 6.25. The van der Waals surface area contributed by atoms with Gasteiger partial charge in [0.05, 0.1) is 17.3 Å². The Hall–Kier alpha value is -3.35. The summed E-state index contributed by atoms with van der Waals surface area (Å²) in [4.78, 5) is 37.5. The second kappa shape index (κ2) is 7.26. The van der Waals surface area contributed by atoms with E-state index in [2.05, 4.69) is 10.6 Å². The van der Waals surface area contributed by atoms with Gasteiger partial charge < -0.3 is 21.3 Å². The molecule has 1 saturated heterocycles. The average Bonchev–Trinajstić information content (AvgIpc) is 2.96. The lowest BCUT2D eigenvalue weighted by Gasteiger charge is -2.18. The Kier molecular flexibility index (Phi) is 4.88. The van der Waals surface area contributed by atoms with Gasteiger partial charge in [0.25, 0.3) is 5.91 Å². The first-order valence-corrected chi connectivity index (χ1v) is 8.27. The van der Waals surface area contributed by atoms with Crippen LogP contribution in [0.2, 0.25) is 0 Å². The van der Waals surface area contributed by atoms with Crippen molar-refractivity contribution < 1.29 is 14.4 Å². The normalized spacial score (nSPS) is 16.4. The molecule has 7 nitrogen and oxygen atoms in total. The Bertz CT molecular complexity index is 848. The zero-order valence-electron chi connectivity index (χ0n) is 14.4. The minimum Gasteiger partial charge on any atom is -0.366 e. The molecule has 134 valence electrons. The minimum atomic E-state index is -0.623. The predicted molar refractivity (Wildman–Crippen MR) is 99.1 cm³/mol. The molecule has 2 aromatic carbocycles. The number of rotatable bonds is 4. The van der Waals surface area contributed by atoms with E-state index < -0.39 is 11.9 Å². The van der Waals surface area contributed by atoms with Gasteiger partial charge in [0, 0.05) is 18.7 Å². The second-order valence-corrected chi connectivity index (χ2v) is 6.25. The number of benzene rings is 2. The SMILES string of the molecule is Cc1ccc(N2C[C@H](NC(=O)Nc3ccccc3C(N)=O)CC2=O)cc1. The third kappa shape index (κ3) is 3.83. The Balaban J connectivity index is 1.63. The average molecular weight is 352 g/mol. The summed E-state index contributed by atoms with van der Waals surface area (Å²) in [7, 11) is 0. The highest BCUT2D eigenvalue weighted by Gasteiger charge is 2.31. The number of para-hydroxylation sites is 1. The van der Waals surface area contributed by atoms with Gasteiger partial charge in [0.15, 0.2) is 0 Å². The molecular weight excluding hydrogens is 332 g/mol. The third-order valence-corrected chi connectivity index (χ3v) is 4.25. The van der Waals surface area contributed by atoms with Crippen molar-refractivity contribution in [1.82, 2.24) is 5.32 Å². The number of primary amides is 1. The van der Waals surface area contributed by atoms with Crippen LogP contribution in [0.15, 0.2) is 48.5 Å². The highest BCUT2D eigenvalue weighted by atomic mass is 16.2. The molecule has 1 heterocycles. The van der Waals surface area contributed by atoms with Gasteiger partial charge >= 0.3 is 6.03 Å². The minimum absolute atomic E-state index is 0.0447. The standard InChI is InChI=1S/C19H20N4O3/c1-12-6-8-14(9-7-12)23-11-13(10-17(23)24)21-19(26)22-16-5-3-2-4-15(16)18(20)25/h2-9,13H,10-11H2,1H3,(H2,20,25)(H2,21,22,26)/t13-/m1/s1. The largest absolute Gasteiger partial charge is 0.366 e. The van der Waals surface area contributed by atoms with Gasteiger partial charge in [-0.1, -0.05) is 29.8 Å². The number of aryl methyl sites for hydroxylation is 1. The number of hydrogen-bond donors (Lipinski definition) is 3. The molecule has 1 aliphatic rings. The maximum atomic E-state index is 12.2. The van der Waals surface area contributed by atoms with E-state index >= 15 is 0 Å². The number of anilines is 2. The Morgan fingerprint density at radius 1 is 1.12 bits per heavy atom. The number of urea groups is 1. The number of amides is 4. The van der Waals surface area contributed by atoms with Crippen LogP contribution in [-0.4, -0.2) is 30.4 Å².